The molecule has 3 heteroatoms. The molecule has 0 heterocycles. The molecule has 1 rings (SSSR count). The van der Waals surface area contributed by atoms with Gasteiger partial charge in [-0.25, -0.2) is 0 Å². The SMILES string of the molecule is COc1c(C)c(C)cc(C)c1NCC(C)(C)N. The molecule has 0 aliphatic rings. The first-order chi connectivity index (χ1) is 7.76. The van der Waals surface area contributed by atoms with Gasteiger partial charge in [-0.3, -0.25) is 0 Å². The molecular formula is C14H24N2O. The van der Waals surface area contributed by atoms with Gasteiger partial charge in [0.15, 0.2) is 0 Å². The Kier molecular flexibility index (Phi) is 4.04. The second-order valence-electron chi connectivity index (χ2n) is 5.39. The zero-order chi connectivity index (χ0) is 13.2. The van der Waals surface area contributed by atoms with Crippen LogP contribution in [-0.4, -0.2) is 19.2 Å². The number of aryl methyl sites for hydroxylation is 2. The Balaban J connectivity index is 3.10. The summed E-state index contributed by atoms with van der Waals surface area (Å²) in [6, 6.07) is 2.17. The first-order valence-electron chi connectivity index (χ1n) is 5.94. The summed E-state index contributed by atoms with van der Waals surface area (Å²) in [4.78, 5) is 0. The van der Waals surface area contributed by atoms with Crippen LogP contribution in [0.15, 0.2) is 6.07 Å². The van der Waals surface area contributed by atoms with Gasteiger partial charge in [-0.15, -0.1) is 0 Å². The van der Waals surface area contributed by atoms with E-state index >= 15 is 0 Å². The molecule has 0 fully saturated rings. The number of nitrogens with one attached hydrogen (secondary N) is 1. The smallest absolute Gasteiger partial charge is 0.145 e. The Morgan fingerprint density at radius 1 is 1.24 bits per heavy atom. The fraction of sp³-hybridized carbons (Fsp3) is 0.571. The van der Waals surface area contributed by atoms with Gasteiger partial charge < -0.3 is 15.8 Å². The second kappa shape index (κ2) is 4.96. The Morgan fingerprint density at radius 2 is 1.82 bits per heavy atom. The van der Waals surface area contributed by atoms with Gasteiger partial charge >= 0.3 is 0 Å². The predicted octanol–water partition coefficient (Wildman–Crippen LogP) is 2.77. The van der Waals surface area contributed by atoms with Crippen LogP contribution in [0.1, 0.15) is 30.5 Å². The van der Waals surface area contributed by atoms with E-state index in [1.54, 1.807) is 7.11 Å². The minimum Gasteiger partial charge on any atom is -0.494 e. The molecule has 3 N–H and O–H groups in total. The number of benzene rings is 1. The maximum atomic E-state index is 5.99. The summed E-state index contributed by atoms with van der Waals surface area (Å²) in [6.07, 6.45) is 0. The molecule has 96 valence electrons. The first kappa shape index (κ1) is 13.8. The highest BCUT2D eigenvalue weighted by Gasteiger charge is 2.15. The topological polar surface area (TPSA) is 47.3 Å². The van der Waals surface area contributed by atoms with E-state index in [1.165, 1.54) is 16.7 Å². The molecule has 0 aliphatic heterocycles. The van der Waals surface area contributed by atoms with Crippen LogP contribution in [-0.2, 0) is 0 Å². The monoisotopic (exact) mass is 236 g/mol. The number of rotatable bonds is 4. The normalized spacial score (nSPS) is 11.5. The zero-order valence-electron chi connectivity index (χ0n) is 11.8. The fourth-order valence-electron chi connectivity index (χ4n) is 1.84. The van der Waals surface area contributed by atoms with Crippen LogP contribution in [0.25, 0.3) is 0 Å². The average Bonchev–Trinajstić information content (AvgIpc) is 2.20. The minimum atomic E-state index is -0.240. The lowest BCUT2D eigenvalue weighted by Crippen LogP contribution is -2.39. The quantitative estimate of drug-likeness (QED) is 0.845. The van der Waals surface area contributed by atoms with E-state index in [2.05, 4.69) is 32.2 Å². The summed E-state index contributed by atoms with van der Waals surface area (Å²) in [7, 11) is 1.71. The largest absolute Gasteiger partial charge is 0.494 e. The minimum absolute atomic E-state index is 0.240. The Hall–Kier alpha value is -1.22. The third-order valence-electron chi connectivity index (χ3n) is 2.91. The molecule has 0 spiro atoms. The van der Waals surface area contributed by atoms with Crippen molar-refractivity contribution in [2.45, 2.75) is 40.2 Å². The molecule has 0 aliphatic carbocycles. The van der Waals surface area contributed by atoms with Crippen molar-refractivity contribution in [3.8, 4) is 5.75 Å². The van der Waals surface area contributed by atoms with Gasteiger partial charge in [0.25, 0.3) is 0 Å². The van der Waals surface area contributed by atoms with E-state index in [4.69, 9.17) is 10.5 Å². The number of hydrogen-bond donors (Lipinski definition) is 2. The van der Waals surface area contributed by atoms with E-state index in [0.717, 1.165) is 11.4 Å². The maximum Gasteiger partial charge on any atom is 0.145 e. The van der Waals surface area contributed by atoms with Crippen LogP contribution in [0.2, 0.25) is 0 Å². The summed E-state index contributed by atoms with van der Waals surface area (Å²) < 4.78 is 5.50. The Labute approximate surface area is 104 Å². The molecule has 0 radical (unpaired) electrons. The number of nitrogens with two attached hydrogens (primary N) is 1. The number of ether oxygens (including phenoxy) is 1. The van der Waals surface area contributed by atoms with Crippen molar-refractivity contribution in [1.29, 1.82) is 0 Å². The highest BCUT2D eigenvalue weighted by Crippen LogP contribution is 2.34. The van der Waals surface area contributed by atoms with Gasteiger partial charge in [-0.1, -0.05) is 6.07 Å². The van der Waals surface area contributed by atoms with Crippen LogP contribution < -0.4 is 15.8 Å². The lowest BCUT2D eigenvalue weighted by Gasteiger charge is -2.23. The van der Waals surface area contributed by atoms with Crippen LogP contribution in [0.3, 0.4) is 0 Å². The Bertz CT molecular complexity index is 406. The van der Waals surface area contributed by atoms with Crippen LogP contribution >= 0.6 is 0 Å². The summed E-state index contributed by atoms with van der Waals surface area (Å²) in [5, 5.41) is 3.39. The van der Waals surface area contributed by atoms with Gasteiger partial charge in [0, 0.05) is 12.1 Å². The van der Waals surface area contributed by atoms with Gasteiger partial charge in [0.2, 0.25) is 0 Å². The van der Waals surface area contributed by atoms with Crippen LogP contribution in [0.5, 0.6) is 5.75 Å². The van der Waals surface area contributed by atoms with E-state index in [-0.39, 0.29) is 5.54 Å². The highest BCUT2D eigenvalue weighted by molar-refractivity contribution is 5.66. The summed E-state index contributed by atoms with van der Waals surface area (Å²) >= 11 is 0. The number of methoxy groups -OCH3 is 1. The molecule has 0 amide bonds. The first-order valence-corrected chi connectivity index (χ1v) is 5.94. The summed E-state index contributed by atoms with van der Waals surface area (Å²) in [5.74, 6) is 0.923. The standard InChI is InChI=1S/C14H24N2O/c1-9-7-10(2)12(13(17-6)11(9)3)16-8-14(4,5)15/h7,16H,8,15H2,1-6H3. The molecular weight excluding hydrogens is 212 g/mol. The lowest BCUT2D eigenvalue weighted by molar-refractivity contribution is 0.412. The third-order valence-corrected chi connectivity index (χ3v) is 2.91. The zero-order valence-corrected chi connectivity index (χ0v) is 11.8. The van der Waals surface area contributed by atoms with E-state index in [0.29, 0.717) is 6.54 Å². The summed E-state index contributed by atoms with van der Waals surface area (Å²) in [6.45, 7) is 11.0. The third kappa shape index (κ3) is 3.37. The second-order valence-corrected chi connectivity index (χ2v) is 5.39. The number of anilines is 1. The molecule has 1 aromatic carbocycles. The maximum absolute atomic E-state index is 5.99. The van der Waals surface area contributed by atoms with Crippen molar-refractivity contribution in [1.82, 2.24) is 0 Å². The van der Waals surface area contributed by atoms with Gasteiger partial charge in [-0.2, -0.15) is 0 Å². The van der Waals surface area contributed by atoms with E-state index < -0.39 is 0 Å². The van der Waals surface area contributed by atoms with Gasteiger partial charge in [-0.05, 0) is 51.3 Å². The molecule has 0 unspecified atom stereocenters. The van der Waals surface area contributed by atoms with E-state index in [9.17, 15) is 0 Å². The van der Waals surface area contributed by atoms with E-state index in [1.807, 2.05) is 13.8 Å². The molecule has 0 bridgehead atoms. The highest BCUT2D eigenvalue weighted by atomic mass is 16.5. The van der Waals surface area contributed by atoms with Gasteiger partial charge in [0.1, 0.15) is 5.75 Å². The fourth-order valence-corrected chi connectivity index (χ4v) is 1.84. The predicted molar refractivity (Wildman–Crippen MR) is 74.0 cm³/mol. The molecule has 0 atom stereocenters. The Morgan fingerprint density at radius 3 is 2.29 bits per heavy atom. The van der Waals surface area contributed by atoms with Crippen molar-refractivity contribution in [2.24, 2.45) is 5.73 Å². The molecule has 0 saturated carbocycles. The number of hydrogen-bond acceptors (Lipinski definition) is 3. The van der Waals surface area contributed by atoms with Crippen LogP contribution in [0, 0.1) is 20.8 Å². The van der Waals surface area contributed by atoms with Crippen molar-refractivity contribution in [3.63, 3.8) is 0 Å². The molecule has 1 aromatic rings. The molecule has 0 saturated heterocycles. The van der Waals surface area contributed by atoms with Gasteiger partial charge in [0.05, 0.1) is 12.8 Å². The molecule has 17 heavy (non-hydrogen) atoms. The van der Waals surface area contributed by atoms with Crippen molar-refractivity contribution >= 4 is 5.69 Å². The molecule has 3 nitrogen and oxygen atoms in total. The average molecular weight is 236 g/mol. The lowest BCUT2D eigenvalue weighted by atomic mass is 10.0. The van der Waals surface area contributed by atoms with Crippen molar-refractivity contribution in [2.75, 3.05) is 19.0 Å². The van der Waals surface area contributed by atoms with Crippen LogP contribution in [0.4, 0.5) is 5.69 Å². The van der Waals surface area contributed by atoms with Crippen molar-refractivity contribution < 1.29 is 4.74 Å². The molecule has 0 aromatic heterocycles. The summed E-state index contributed by atoms with van der Waals surface area (Å²) in [5.41, 5.74) is 10.4. The van der Waals surface area contributed by atoms with Crippen molar-refractivity contribution in [3.05, 3.63) is 22.8 Å².